The lowest BCUT2D eigenvalue weighted by atomic mass is 10.2. The molecule has 0 radical (unpaired) electrons. The van der Waals surface area contributed by atoms with Crippen molar-refractivity contribution in [3.63, 3.8) is 0 Å². The number of aryl methyl sites for hydroxylation is 1. The second kappa shape index (κ2) is 9.65. The van der Waals surface area contributed by atoms with Gasteiger partial charge in [0.05, 0.1) is 30.6 Å². The van der Waals surface area contributed by atoms with E-state index in [2.05, 4.69) is 6.92 Å². The van der Waals surface area contributed by atoms with Crippen molar-refractivity contribution in [3.05, 3.63) is 64.8 Å². The van der Waals surface area contributed by atoms with Gasteiger partial charge >= 0.3 is 0 Å². The molecule has 1 aliphatic rings. The van der Waals surface area contributed by atoms with E-state index in [1.807, 2.05) is 60.4 Å². The summed E-state index contributed by atoms with van der Waals surface area (Å²) in [6.45, 7) is 5.20. The van der Waals surface area contributed by atoms with Gasteiger partial charge in [0.25, 0.3) is 0 Å². The maximum absolute atomic E-state index is 12.9. The zero-order chi connectivity index (χ0) is 22.7. The molecular weight excluding hydrogens is 426 g/mol. The molecule has 1 heterocycles. The first kappa shape index (κ1) is 22.2. The van der Waals surface area contributed by atoms with E-state index < -0.39 is 0 Å². The van der Waals surface area contributed by atoms with Crippen LogP contribution in [0.25, 0.3) is 5.69 Å². The number of aromatic nitrogens is 2. The Morgan fingerprint density at radius 3 is 2.53 bits per heavy atom. The Balaban J connectivity index is 1.74. The first-order valence-electron chi connectivity index (χ1n) is 10.9. The largest absolute Gasteiger partial charge is 0.497 e. The number of hydrogen-bond acceptors (Lipinski definition) is 4. The lowest BCUT2D eigenvalue weighted by molar-refractivity contribution is -0.133. The monoisotopic (exact) mass is 453 g/mol. The summed E-state index contributed by atoms with van der Waals surface area (Å²) >= 11 is 6.25. The summed E-state index contributed by atoms with van der Waals surface area (Å²) in [5.74, 6) is 2.37. The fourth-order valence-electron chi connectivity index (χ4n) is 3.68. The van der Waals surface area contributed by atoms with Crippen molar-refractivity contribution in [2.24, 2.45) is 5.92 Å². The number of ether oxygens (including phenoxy) is 2. The van der Waals surface area contributed by atoms with Crippen LogP contribution in [0.5, 0.6) is 17.4 Å². The van der Waals surface area contributed by atoms with Crippen LogP contribution in [0, 0.1) is 12.8 Å². The van der Waals surface area contributed by atoms with Crippen molar-refractivity contribution < 1.29 is 14.3 Å². The van der Waals surface area contributed by atoms with Crippen LogP contribution in [0.3, 0.4) is 0 Å². The van der Waals surface area contributed by atoms with Crippen LogP contribution in [0.15, 0.2) is 48.5 Å². The molecule has 0 atom stereocenters. The first-order chi connectivity index (χ1) is 15.5. The van der Waals surface area contributed by atoms with Gasteiger partial charge in [-0.25, -0.2) is 4.68 Å². The zero-order valence-electron chi connectivity index (χ0n) is 18.7. The van der Waals surface area contributed by atoms with Crippen LogP contribution in [0.4, 0.5) is 0 Å². The van der Waals surface area contributed by atoms with Crippen molar-refractivity contribution in [2.45, 2.75) is 39.7 Å². The fraction of sp³-hybridized carbons (Fsp3) is 0.360. The minimum absolute atomic E-state index is 0.163. The second-order valence-electron chi connectivity index (χ2n) is 8.07. The Bertz CT molecular complexity index is 1090. The average Bonchev–Trinajstić information content (AvgIpc) is 3.60. The number of rotatable bonds is 9. The number of benzene rings is 2. The molecule has 0 bridgehead atoms. The zero-order valence-corrected chi connectivity index (χ0v) is 19.4. The average molecular weight is 454 g/mol. The fourth-order valence-corrected chi connectivity index (χ4v) is 3.86. The van der Waals surface area contributed by atoms with Crippen LogP contribution >= 0.6 is 11.6 Å². The summed E-state index contributed by atoms with van der Waals surface area (Å²) in [7, 11) is 1.63. The molecule has 3 aromatic rings. The molecule has 0 saturated heterocycles. The van der Waals surface area contributed by atoms with Crippen LogP contribution in [0.2, 0.25) is 5.02 Å². The van der Waals surface area contributed by atoms with Gasteiger partial charge in [0.15, 0.2) is 0 Å². The number of halogens is 1. The van der Waals surface area contributed by atoms with Gasteiger partial charge in [-0.1, -0.05) is 24.6 Å². The number of amides is 1. The van der Waals surface area contributed by atoms with E-state index >= 15 is 0 Å². The van der Waals surface area contributed by atoms with Gasteiger partial charge in [-0.3, -0.25) is 4.79 Å². The Kier molecular flexibility index (Phi) is 6.70. The van der Waals surface area contributed by atoms with Gasteiger partial charge < -0.3 is 14.4 Å². The summed E-state index contributed by atoms with van der Waals surface area (Å²) in [4.78, 5) is 14.8. The number of nitrogens with zero attached hydrogens (tertiary/aromatic N) is 3. The number of carbonyl (C=O) groups excluding carboxylic acids is 1. The topological polar surface area (TPSA) is 56.6 Å². The van der Waals surface area contributed by atoms with Crippen molar-refractivity contribution in [1.29, 1.82) is 0 Å². The molecule has 168 valence electrons. The molecule has 1 aromatic heterocycles. The quantitative estimate of drug-likeness (QED) is 0.412. The van der Waals surface area contributed by atoms with Crippen LogP contribution in [-0.4, -0.2) is 34.2 Å². The molecule has 1 aliphatic carbocycles. The third-order valence-corrected chi connectivity index (χ3v) is 5.78. The van der Waals surface area contributed by atoms with Crippen LogP contribution in [-0.2, 0) is 11.3 Å². The third kappa shape index (κ3) is 4.91. The van der Waals surface area contributed by atoms with E-state index in [0.29, 0.717) is 29.7 Å². The Hall–Kier alpha value is -2.99. The molecule has 1 saturated carbocycles. The van der Waals surface area contributed by atoms with Gasteiger partial charge in [-0.2, -0.15) is 5.10 Å². The minimum Gasteiger partial charge on any atom is -0.497 e. The van der Waals surface area contributed by atoms with E-state index in [-0.39, 0.29) is 11.8 Å². The van der Waals surface area contributed by atoms with Crippen molar-refractivity contribution >= 4 is 17.5 Å². The molecule has 4 rings (SSSR count). The van der Waals surface area contributed by atoms with E-state index in [0.717, 1.165) is 42.0 Å². The predicted molar refractivity (Wildman–Crippen MR) is 125 cm³/mol. The molecule has 0 spiro atoms. The lowest BCUT2D eigenvalue weighted by Gasteiger charge is -2.23. The van der Waals surface area contributed by atoms with E-state index in [1.165, 1.54) is 0 Å². The number of methoxy groups -OCH3 is 1. The maximum atomic E-state index is 12.9. The van der Waals surface area contributed by atoms with Crippen LogP contribution < -0.4 is 9.47 Å². The molecule has 0 unspecified atom stereocenters. The molecule has 0 N–H and O–H groups in total. The number of carbonyl (C=O) groups is 1. The van der Waals surface area contributed by atoms with Crippen molar-refractivity contribution in [1.82, 2.24) is 14.7 Å². The Morgan fingerprint density at radius 1 is 1.19 bits per heavy atom. The standard InChI is InChI=1S/C25H28ClN3O3/c1-4-14-28(24(30)18-8-9-18)16-23-17(2)27-29(20-7-5-6-19(26)15-20)25(23)32-22-12-10-21(31-3)11-13-22/h5-7,10-13,15,18H,4,8-9,14,16H2,1-3H3. The Morgan fingerprint density at radius 2 is 1.91 bits per heavy atom. The highest BCUT2D eigenvalue weighted by Crippen LogP contribution is 2.35. The van der Waals surface area contributed by atoms with E-state index in [4.69, 9.17) is 26.2 Å². The highest BCUT2D eigenvalue weighted by atomic mass is 35.5. The van der Waals surface area contributed by atoms with Gasteiger partial charge in [0.2, 0.25) is 11.8 Å². The SMILES string of the molecule is CCCN(Cc1c(C)nn(-c2cccc(Cl)c2)c1Oc1ccc(OC)cc1)C(=O)C1CC1. The molecule has 7 heteroatoms. The van der Waals surface area contributed by atoms with Crippen molar-refractivity contribution in [2.75, 3.05) is 13.7 Å². The first-order valence-corrected chi connectivity index (χ1v) is 11.3. The highest BCUT2D eigenvalue weighted by Gasteiger charge is 2.34. The second-order valence-corrected chi connectivity index (χ2v) is 8.51. The van der Waals surface area contributed by atoms with Gasteiger partial charge in [-0.05, 0) is 68.7 Å². The maximum Gasteiger partial charge on any atom is 0.227 e. The predicted octanol–water partition coefficient (Wildman–Crippen LogP) is 5.78. The lowest BCUT2D eigenvalue weighted by Crippen LogP contribution is -2.32. The van der Waals surface area contributed by atoms with E-state index in [1.54, 1.807) is 11.8 Å². The summed E-state index contributed by atoms with van der Waals surface area (Å²) in [6.07, 6.45) is 2.86. The summed E-state index contributed by atoms with van der Waals surface area (Å²) in [5, 5.41) is 5.37. The molecular formula is C25H28ClN3O3. The third-order valence-electron chi connectivity index (χ3n) is 5.54. The molecule has 6 nitrogen and oxygen atoms in total. The number of hydrogen-bond donors (Lipinski definition) is 0. The summed E-state index contributed by atoms with van der Waals surface area (Å²) < 4.78 is 13.4. The smallest absolute Gasteiger partial charge is 0.227 e. The minimum atomic E-state index is 0.163. The van der Waals surface area contributed by atoms with Crippen LogP contribution in [0.1, 0.15) is 37.4 Å². The summed E-state index contributed by atoms with van der Waals surface area (Å²) in [6, 6.07) is 14.9. The highest BCUT2D eigenvalue weighted by molar-refractivity contribution is 6.30. The molecule has 1 fully saturated rings. The molecule has 0 aliphatic heterocycles. The van der Waals surface area contributed by atoms with E-state index in [9.17, 15) is 4.79 Å². The Labute approximate surface area is 193 Å². The molecule has 2 aromatic carbocycles. The molecule has 1 amide bonds. The normalized spacial score (nSPS) is 13.1. The van der Waals surface area contributed by atoms with Gasteiger partial charge in [-0.15, -0.1) is 0 Å². The molecule has 32 heavy (non-hydrogen) atoms. The summed E-state index contributed by atoms with van der Waals surface area (Å²) in [5.41, 5.74) is 2.51. The van der Waals surface area contributed by atoms with Gasteiger partial charge in [0, 0.05) is 17.5 Å². The van der Waals surface area contributed by atoms with Gasteiger partial charge in [0.1, 0.15) is 11.5 Å². The van der Waals surface area contributed by atoms with Crippen molar-refractivity contribution in [3.8, 4) is 23.1 Å².